The number of sulfonamides is 1. The van der Waals surface area contributed by atoms with Crippen LogP contribution in [-0.2, 0) is 10.0 Å². The molecule has 0 radical (unpaired) electrons. The van der Waals surface area contributed by atoms with Crippen LogP contribution in [0.25, 0.3) is 10.8 Å². The lowest BCUT2D eigenvalue weighted by Gasteiger charge is -2.20. The molecule has 1 amide bonds. The van der Waals surface area contributed by atoms with Gasteiger partial charge >= 0.3 is 0 Å². The van der Waals surface area contributed by atoms with Crippen LogP contribution >= 0.6 is 11.3 Å². The Kier molecular flexibility index (Phi) is 6.91. The highest BCUT2D eigenvalue weighted by atomic mass is 32.2. The van der Waals surface area contributed by atoms with Crippen LogP contribution < -0.4 is 10.1 Å². The Labute approximate surface area is 179 Å². The Bertz CT molecular complexity index is 1100. The predicted molar refractivity (Wildman–Crippen MR) is 115 cm³/mol. The number of carbonyl (C=O) groups is 1. The normalized spacial score (nSPS) is 11.6. The van der Waals surface area contributed by atoms with E-state index in [1.807, 2.05) is 6.92 Å². The highest BCUT2D eigenvalue weighted by Crippen LogP contribution is 2.30. The number of thiazole rings is 1. The predicted octanol–water partition coefficient (Wildman–Crippen LogP) is 4.08. The minimum atomic E-state index is -3.68. The third-order valence-corrected chi connectivity index (χ3v) is 7.21. The van der Waals surface area contributed by atoms with E-state index >= 15 is 0 Å². The SMILES string of the molecule is CCOc1ccc(S(=O)(=O)N(CC)CC)cc1NC(=O)c1csc(-c2ccco2)n1. The largest absolute Gasteiger partial charge is 0.492 e. The van der Waals surface area contributed by atoms with Crippen molar-refractivity contribution in [3.63, 3.8) is 0 Å². The molecule has 3 aromatic rings. The zero-order chi connectivity index (χ0) is 21.7. The van der Waals surface area contributed by atoms with E-state index in [1.165, 1.54) is 34.0 Å². The van der Waals surface area contributed by atoms with Crippen molar-refractivity contribution in [2.24, 2.45) is 0 Å². The molecule has 0 atom stereocenters. The number of nitrogens with one attached hydrogen (secondary N) is 1. The number of aromatic nitrogens is 1. The molecule has 0 aliphatic carbocycles. The summed E-state index contributed by atoms with van der Waals surface area (Å²) >= 11 is 1.28. The molecule has 3 rings (SSSR count). The van der Waals surface area contributed by atoms with E-state index in [2.05, 4.69) is 10.3 Å². The summed E-state index contributed by atoms with van der Waals surface area (Å²) in [6, 6.07) is 7.94. The van der Waals surface area contributed by atoms with E-state index < -0.39 is 15.9 Å². The van der Waals surface area contributed by atoms with Crippen LogP contribution in [0, 0.1) is 0 Å². The minimum Gasteiger partial charge on any atom is -0.492 e. The first-order valence-corrected chi connectivity index (χ1v) is 11.8. The Morgan fingerprint density at radius 1 is 1.23 bits per heavy atom. The van der Waals surface area contributed by atoms with Crippen LogP contribution in [0.3, 0.4) is 0 Å². The zero-order valence-corrected chi connectivity index (χ0v) is 18.5. The number of amides is 1. The standard InChI is InChI=1S/C20H23N3O5S2/c1-4-23(5-2)30(25,26)14-9-10-17(27-6-3)15(12-14)21-19(24)16-13-29-20(22-16)18-8-7-11-28-18/h7-13H,4-6H2,1-3H3,(H,21,24). The zero-order valence-electron chi connectivity index (χ0n) is 16.9. The lowest BCUT2D eigenvalue weighted by Crippen LogP contribution is -2.30. The molecule has 0 spiro atoms. The fourth-order valence-electron chi connectivity index (χ4n) is 2.84. The van der Waals surface area contributed by atoms with Crippen LogP contribution in [0.1, 0.15) is 31.3 Å². The molecule has 8 nitrogen and oxygen atoms in total. The number of benzene rings is 1. The second-order valence-electron chi connectivity index (χ2n) is 6.15. The van der Waals surface area contributed by atoms with Crippen molar-refractivity contribution < 1.29 is 22.4 Å². The van der Waals surface area contributed by atoms with Crippen molar-refractivity contribution in [3.05, 3.63) is 47.7 Å². The number of furan rings is 1. The van der Waals surface area contributed by atoms with Gasteiger partial charge in [0.15, 0.2) is 10.8 Å². The number of hydrogen-bond donors (Lipinski definition) is 1. The van der Waals surface area contributed by atoms with Crippen molar-refractivity contribution in [1.82, 2.24) is 9.29 Å². The molecule has 1 aromatic carbocycles. The lowest BCUT2D eigenvalue weighted by molar-refractivity contribution is 0.102. The molecule has 160 valence electrons. The monoisotopic (exact) mass is 449 g/mol. The summed E-state index contributed by atoms with van der Waals surface area (Å²) in [5.74, 6) is 0.481. The maximum absolute atomic E-state index is 12.9. The van der Waals surface area contributed by atoms with Crippen LogP contribution in [0.4, 0.5) is 5.69 Å². The highest BCUT2D eigenvalue weighted by molar-refractivity contribution is 7.89. The van der Waals surface area contributed by atoms with Gasteiger partial charge in [-0.2, -0.15) is 4.31 Å². The third-order valence-electron chi connectivity index (χ3n) is 4.31. The molecular weight excluding hydrogens is 426 g/mol. The summed E-state index contributed by atoms with van der Waals surface area (Å²) in [4.78, 5) is 17.1. The number of rotatable bonds is 9. The van der Waals surface area contributed by atoms with Gasteiger partial charge in [-0.15, -0.1) is 11.3 Å². The van der Waals surface area contributed by atoms with Crippen LogP contribution in [0.5, 0.6) is 5.75 Å². The fraction of sp³-hybridized carbons (Fsp3) is 0.300. The molecule has 0 unspecified atom stereocenters. The van der Waals surface area contributed by atoms with E-state index in [9.17, 15) is 13.2 Å². The van der Waals surface area contributed by atoms with E-state index in [4.69, 9.17) is 9.15 Å². The molecule has 30 heavy (non-hydrogen) atoms. The fourth-order valence-corrected chi connectivity index (χ4v) is 5.09. The van der Waals surface area contributed by atoms with Crippen molar-refractivity contribution in [1.29, 1.82) is 0 Å². The highest BCUT2D eigenvalue weighted by Gasteiger charge is 2.24. The van der Waals surface area contributed by atoms with Gasteiger partial charge in [-0.1, -0.05) is 13.8 Å². The topological polar surface area (TPSA) is 102 Å². The van der Waals surface area contributed by atoms with Crippen LogP contribution in [0.2, 0.25) is 0 Å². The Hall–Kier alpha value is -2.69. The number of ether oxygens (including phenoxy) is 1. The van der Waals surface area contributed by atoms with Crippen molar-refractivity contribution in [3.8, 4) is 16.5 Å². The number of carbonyl (C=O) groups excluding carboxylic acids is 1. The second kappa shape index (κ2) is 9.41. The first-order valence-electron chi connectivity index (χ1n) is 9.48. The molecule has 0 aliphatic rings. The van der Waals surface area contributed by atoms with E-state index in [0.717, 1.165) is 0 Å². The summed E-state index contributed by atoms with van der Waals surface area (Å²) in [5, 5.41) is 4.92. The Morgan fingerprint density at radius 3 is 2.63 bits per heavy atom. The molecule has 1 N–H and O–H groups in total. The number of anilines is 1. The summed E-state index contributed by atoms with van der Waals surface area (Å²) in [6.45, 7) is 6.42. The quantitative estimate of drug-likeness (QED) is 0.528. The third kappa shape index (κ3) is 4.55. The van der Waals surface area contributed by atoms with Gasteiger partial charge in [-0.05, 0) is 37.3 Å². The van der Waals surface area contributed by atoms with Gasteiger partial charge in [-0.3, -0.25) is 4.79 Å². The molecule has 0 fully saturated rings. The first-order chi connectivity index (χ1) is 14.4. The molecule has 2 heterocycles. The average molecular weight is 450 g/mol. The van der Waals surface area contributed by atoms with Crippen LogP contribution in [-0.4, -0.2) is 43.3 Å². The average Bonchev–Trinajstić information content (AvgIpc) is 3.42. The summed E-state index contributed by atoms with van der Waals surface area (Å²) < 4.78 is 37.9. The van der Waals surface area contributed by atoms with Crippen molar-refractivity contribution in [2.45, 2.75) is 25.7 Å². The van der Waals surface area contributed by atoms with Gasteiger partial charge in [0.1, 0.15) is 11.4 Å². The first kappa shape index (κ1) is 22.0. The number of nitrogens with zero attached hydrogens (tertiary/aromatic N) is 2. The molecule has 0 aliphatic heterocycles. The maximum atomic E-state index is 12.9. The van der Waals surface area contributed by atoms with Crippen LogP contribution in [0.15, 0.2) is 51.3 Å². The van der Waals surface area contributed by atoms with Gasteiger partial charge in [0.2, 0.25) is 10.0 Å². The van der Waals surface area contributed by atoms with Gasteiger partial charge in [0.05, 0.1) is 23.5 Å². The Morgan fingerprint density at radius 2 is 2.00 bits per heavy atom. The Balaban J connectivity index is 1.91. The van der Waals surface area contributed by atoms with Crippen molar-refractivity contribution >= 4 is 33.0 Å². The molecule has 10 heteroatoms. The lowest BCUT2D eigenvalue weighted by atomic mass is 10.2. The summed E-state index contributed by atoms with van der Waals surface area (Å²) in [7, 11) is -3.68. The smallest absolute Gasteiger partial charge is 0.275 e. The van der Waals surface area contributed by atoms with Gasteiger partial charge < -0.3 is 14.5 Å². The summed E-state index contributed by atoms with van der Waals surface area (Å²) in [5.41, 5.74) is 0.466. The van der Waals surface area contributed by atoms with Gasteiger partial charge in [-0.25, -0.2) is 13.4 Å². The van der Waals surface area contributed by atoms with E-state index in [0.29, 0.717) is 36.2 Å². The molecule has 0 saturated carbocycles. The second-order valence-corrected chi connectivity index (χ2v) is 8.95. The molecule has 0 saturated heterocycles. The van der Waals surface area contributed by atoms with Gasteiger partial charge in [0.25, 0.3) is 5.91 Å². The van der Waals surface area contributed by atoms with Crippen molar-refractivity contribution in [2.75, 3.05) is 25.0 Å². The minimum absolute atomic E-state index is 0.0829. The molecule has 2 aromatic heterocycles. The van der Waals surface area contributed by atoms with Gasteiger partial charge in [0, 0.05) is 18.5 Å². The van der Waals surface area contributed by atoms with E-state index in [-0.39, 0.29) is 16.3 Å². The maximum Gasteiger partial charge on any atom is 0.275 e. The molecular formula is C20H23N3O5S2. The molecule has 0 bridgehead atoms. The number of hydrogen-bond acceptors (Lipinski definition) is 7. The summed E-state index contributed by atoms with van der Waals surface area (Å²) in [6.07, 6.45) is 1.53. The van der Waals surface area contributed by atoms with E-state index in [1.54, 1.807) is 37.4 Å².